The first-order valence-electron chi connectivity index (χ1n) is 7.16. The summed E-state index contributed by atoms with van der Waals surface area (Å²) in [5.41, 5.74) is 0. The van der Waals surface area contributed by atoms with Crippen LogP contribution in [0, 0.1) is 0 Å². The summed E-state index contributed by atoms with van der Waals surface area (Å²) in [4.78, 5) is 4.67. The largest absolute Gasteiger partial charge is 0.495 e. The number of benzene rings is 1. The van der Waals surface area contributed by atoms with Crippen LogP contribution >= 0.6 is 11.6 Å². The predicted molar refractivity (Wildman–Crippen MR) is 87.1 cm³/mol. The fraction of sp³-hybridized carbons (Fsp3) is 0.571. The van der Waals surface area contributed by atoms with Gasteiger partial charge in [-0.2, -0.15) is 0 Å². The van der Waals surface area contributed by atoms with Crippen molar-refractivity contribution >= 4 is 21.6 Å². The van der Waals surface area contributed by atoms with Crippen LogP contribution in [-0.4, -0.2) is 71.6 Å². The zero-order valence-electron chi connectivity index (χ0n) is 12.9. The summed E-state index contributed by atoms with van der Waals surface area (Å²) < 4.78 is 32.1. The Morgan fingerprint density at radius 1 is 1.27 bits per heavy atom. The maximum atomic E-state index is 12.2. The molecular weight excluding hydrogens is 326 g/mol. The highest BCUT2D eigenvalue weighted by Crippen LogP contribution is 2.26. The lowest BCUT2D eigenvalue weighted by Crippen LogP contribution is -2.46. The molecule has 124 valence electrons. The van der Waals surface area contributed by atoms with Crippen LogP contribution in [0.25, 0.3) is 0 Å². The molecule has 1 aliphatic heterocycles. The Kier molecular flexibility index (Phi) is 6.05. The molecular formula is C14H22ClN3O3S. The number of nitrogens with one attached hydrogen (secondary N) is 1. The molecule has 1 N–H and O–H groups in total. The number of methoxy groups -OCH3 is 1. The summed E-state index contributed by atoms with van der Waals surface area (Å²) in [6, 6.07) is 4.44. The molecule has 8 heteroatoms. The average Bonchev–Trinajstić information content (AvgIpc) is 2.49. The van der Waals surface area contributed by atoms with E-state index in [1.165, 1.54) is 19.2 Å². The van der Waals surface area contributed by atoms with E-state index < -0.39 is 10.0 Å². The van der Waals surface area contributed by atoms with Gasteiger partial charge in [-0.1, -0.05) is 11.6 Å². The molecule has 0 aliphatic carbocycles. The van der Waals surface area contributed by atoms with Crippen LogP contribution in [-0.2, 0) is 10.0 Å². The SMILES string of the molecule is COc1ccc(S(=O)(=O)NCCN2CCN(C)CC2)cc1Cl. The molecule has 0 radical (unpaired) electrons. The summed E-state index contributed by atoms with van der Waals surface area (Å²) in [6.07, 6.45) is 0. The summed E-state index contributed by atoms with van der Waals surface area (Å²) in [5, 5.41) is 0.282. The first-order chi connectivity index (χ1) is 10.4. The van der Waals surface area contributed by atoms with E-state index in [2.05, 4.69) is 21.6 Å². The lowest BCUT2D eigenvalue weighted by atomic mass is 10.3. The van der Waals surface area contributed by atoms with E-state index in [0.29, 0.717) is 18.8 Å². The Hall–Kier alpha value is -0.860. The molecule has 0 saturated carbocycles. The second kappa shape index (κ2) is 7.61. The predicted octanol–water partition coefficient (Wildman–Crippen LogP) is 0.874. The first-order valence-corrected chi connectivity index (χ1v) is 9.02. The minimum Gasteiger partial charge on any atom is -0.495 e. The minimum atomic E-state index is -3.55. The van der Waals surface area contributed by atoms with Crippen LogP contribution in [0.3, 0.4) is 0 Å². The Morgan fingerprint density at radius 2 is 1.95 bits per heavy atom. The summed E-state index contributed by atoms with van der Waals surface area (Å²) in [7, 11) is 0.0341. The number of ether oxygens (including phenoxy) is 1. The van der Waals surface area contributed by atoms with Gasteiger partial charge in [0.05, 0.1) is 17.0 Å². The third-order valence-corrected chi connectivity index (χ3v) is 5.50. The van der Waals surface area contributed by atoms with Gasteiger partial charge in [-0.25, -0.2) is 13.1 Å². The number of sulfonamides is 1. The zero-order chi connectivity index (χ0) is 16.2. The van der Waals surface area contributed by atoms with Crippen LogP contribution < -0.4 is 9.46 Å². The molecule has 0 bridgehead atoms. The van der Waals surface area contributed by atoms with E-state index in [-0.39, 0.29) is 9.92 Å². The van der Waals surface area contributed by atoms with Crippen LogP contribution in [0.5, 0.6) is 5.75 Å². The third kappa shape index (κ3) is 4.57. The molecule has 2 rings (SSSR count). The summed E-state index contributed by atoms with van der Waals surface area (Å²) in [5.74, 6) is 0.457. The second-order valence-electron chi connectivity index (χ2n) is 5.34. The van der Waals surface area contributed by atoms with Crippen molar-refractivity contribution in [3.05, 3.63) is 23.2 Å². The lowest BCUT2D eigenvalue weighted by Gasteiger charge is -2.32. The zero-order valence-corrected chi connectivity index (χ0v) is 14.5. The van der Waals surface area contributed by atoms with E-state index in [1.54, 1.807) is 6.07 Å². The number of likely N-dealkylation sites (N-methyl/N-ethyl adjacent to an activating group) is 1. The van der Waals surface area contributed by atoms with E-state index in [4.69, 9.17) is 16.3 Å². The van der Waals surface area contributed by atoms with Crippen molar-refractivity contribution in [3.8, 4) is 5.75 Å². The smallest absolute Gasteiger partial charge is 0.240 e. The first kappa shape index (κ1) is 17.5. The number of nitrogens with zero attached hydrogens (tertiary/aromatic N) is 2. The number of hydrogen-bond acceptors (Lipinski definition) is 5. The number of piperazine rings is 1. The molecule has 1 fully saturated rings. The van der Waals surface area contributed by atoms with Gasteiger partial charge in [0.15, 0.2) is 0 Å². The van der Waals surface area contributed by atoms with Gasteiger partial charge in [-0.05, 0) is 25.2 Å². The van der Waals surface area contributed by atoms with Gasteiger partial charge in [0.2, 0.25) is 10.0 Å². The number of hydrogen-bond donors (Lipinski definition) is 1. The highest BCUT2D eigenvalue weighted by molar-refractivity contribution is 7.89. The van der Waals surface area contributed by atoms with Crippen molar-refractivity contribution in [1.82, 2.24) is 14.5 Å². The Bertz CT molecular complexity index is 601. The Labute approximate surface area is 137 Å². The van der Waals surface area contributed by atoms with Crippen LogP contribution in [0.1, 0.15) is 0 Å². The molecule has 1 saturated heterocycles. The number of halogens is 1. The molecule has 22 heavy (non-hydrogen) atoms. The normalized spacial score (nSPS) is 17.6. The van der Waals surface area contributed by atoms with Gasteiger partial charge in [-0.3, -0.25) is 4.90 Å². The fourth-order valence-corrected chi connectivity index (χ4v) is 3.68. The fourth-order valence-electron chi connectivity index (χ4n) is 2.31. The van der Waals surface area contributed by atoms with Crippen molar-refractivity contribution in [3.63, 3.8) is 0 Å². The molecule has 0 spiro atoms. The molecule has 0 atom stereocenters. The highest BCUT2D eigenvalue weighted by atomic mass is 35.5. The van der Waals surface area contributed by atoms with Crippen LogP contribution in [0.15, 0.2) is 23.1 Å². The molecule has 1 aromatic rings. The minimum absolute atomic E-state index is 0.150. The third-order valence-electron chi connectivity index (χ3n) is 3.75. The number of rotatable bonds is 6. The second-order valence-corrected chi connectivity index (χ2v) is 7.51. The van der Waals surface area contributed by atoms with Crippen LogP contribution in [0.4, 0.5) is 0 Å². The van der Waals surface area contributed by atoms with Crippen molar-refractivity contribution in [2.45, 2.75) is 4.90 Å². The maximum Gasteiger partial charge on any atom is 0.240 e. The molecule has 0 unspecified atom stereocenters. The molecule has 0 amide bonds. The highest BCUT2D eigenvalue weighted by Gasteiger charge is 2.17. The molecule has 6 nitrogen and oxygen atoms in total. The van der Waals surface area contributed by atoms with E-state index in [0.717, 1.165) is 26.2 Å². The monoisotopic (exact) mass is 347 g/mol. The average molecular weight is 348 g/mol. The van der Waals surface area contributed by atoms with Crippen molar-refractivity contribution in [1.29, 1.82) is 0 Å². The topological polar surface area (TPSA) is 61.9 Å². The van der Waals surface area contributed by atoms with Gasteiger partial charge in [0.1, 0.15) is 5.75 Å². The Morgan fingerprint density at radius 3 is 2.55 bits per heavy atom. The maximum absolute atomic E-state index is 12.2. The van der Waals surface area contributed by atoms with E-state index in [1.807, 2.05) is 0 Å². The standard InChI is InChI=1S/C14H22ClN3O3S/c1-17-7-9-18(10-8-17)6-5-16-22(19,20)12-3-4-14(21-2)13(15)11-12/h3-4,11,16H,5-10H2,1-2H3. The summed E-state index contributed by atoms with van der Waals surface area (Å²) >= 11 is 5.97. The molecule has 1 aliphatic rings. The van der Waals surface area contributed by atoms with Crippen molar-refractivity contribution < 1.29 is 13.2 Å². The van der Waals surface area contributed by atoms with Gasteiger partial charge >= 0.3 is 0 Å². The molecule has 0 aromatic heterocycles. The van der Waals surface area contributed by atoms with Crippen LogP contribution in [0.2, 0.25) is 5.02 Å². The van der Waals surface area contributed by atoms with Gasteiger partial charge in [0, 0.05) is 39.3 Å². The van der Waals surface area contributed by atoms with Gasteiger partial charge < -0.3 is 9.64 Å². The molecule has 1 aromatic carbocycles. The van der Waals surface area contributed by atoms with E-state index in [9.17, 15) is 8.42 Å². The van der Waals surface area contributed by atoms with E-state index >= 15 is 0 Å². The van der Waals surface area contributed by atoms with Crippen molar-refractivity contribution in [2.24, 2.45) is 0 Å². The lowest BCUT2D eigenvalue weighted by molar-refractivity contribution is 0.156. The van der Waals surface area contributed by atoms with Gasteiger partial charge in [0.25, 0.3) is 0 Å². The quantitative estimate of drug-likeness (QED) is 0.827. The summed E-state index contributed by atoms with van der Waals surface area (Å²) in [6.45, 7) is 5.05. The van der Waals surface area contributed by atoms with Crippen molar-refractivity contribution in [2.75, 3.05) is 53.4 Å². The molecule has 1 heterocycles. The van der Waals surface area contributed by atoms with Gasteiger partial charge in [-0.15, -0.1) is 0 Å². The Balaban J connectivity index is 1.89.